The van der Waals surface area contributed by atoms with E-state index < -0.39 is 12.5 Å². The number of benzene rings is 1. The number of amides is 2. The number of nitrogens with zero attached hydrogens (tertiary/aromatic N) is 8. The molecule has 190 valence electrons. The number of carbonyl (C=O) groups excluding carboxylic acids is 1. The third-order valence-electron chi connectivity index (χ3n) is 5.50. The first-order valence-electron chi connectivity index (χ1n) is 11.0. The van der Waals surface area contributed by atoms with E-state index in [-0.39, 0.29) is 28.7 Å². The summed E-state index contributed by atoms with van der Waals surface area (Å²) in [7, 11) is 0. The van der Waals surface area contributed by atoms with Crippen LogP contribution in [0.25, 0.3) is 22.7 Å². The van der Waals surface area contributed by atoms with Gasteiger partial charge in [-0.05, 0) is 72.2 Å². The predicted octanol–water partition coefficient (Wildman–Crippen LogP) is 5.23. The number of fused-ring (bicyclic) bond motifs is 1. The molecular weight excluding hydrogens is 562 g/mol. The number of pyridine rings is 1. The first-order chi connectivity index (χ1) is 18.2. The van der Waals surface area contributed by atoms with Crippen LogP contribution in [-0.2, 0) is 0 Å². The number of carbonyl (C=O) groups is 1. The second kappa shape index (κ2) is 9.94. The van der Waals surface area contributed by atoms with Gasteiger partial charge in [-0.15, -0.1) is 5.10 Å². The first-order valence-corrected chi connectivity index (χ1v) is 11.8. The molecule has 0 bridgehead atoms. The van der Waals surface area contributed by atoms with E-state index in [1.165, 1.54) is 29.2 Å². The number of hydrogen-bond donors (Lipinski definition) is 2. The normalized spacial score (nSPS) is 11.1. The molecule has 2 N–H and O–H groups in total. The molecule has 14 heteroatoms. The van der Waals surface area contributed by atoms with Gasteiger partial charge in [-0.2, -0.15) is 15.5 Å². The lowest BCUT2D eigenvalue weighted by Gasteiger charge is -2.13. The van der Waals surface area contributed by atoms with Crippen molar-refractivity contribution in [3.63, 3.8) is 0 Å². The quantitative estimate of drug-likeness (QED) is 0.291. The molecule has 1 aromatic carbocycles. The molecule has 4 aromatic heterocycles. The van der Waals surface area contributed by atoms with Crippen molar-refractivity contribution in [3.05, 3.63) is 75.9 Å². The average molecular weight is 579 g/mol. The predicted molar refractivity (Wildman–Crippen MR) is 138 cm³/mol. The van der Waals surface area contributed by atoms with Crippen LogP contribution >= 0.6 is 15.9 Å². The van der Waals surface area contributed by atoms with Gasteiger partial charge in [-0.25, -0.2) is 28.2 Å². The summed E-state index contributed by atoms with van der Waals surface area (Å²) in [4.78, 5) is 21.4. The highest BCUT2D eigenvalue weighted by Crippen LogP contribution is 2.31. The molecule has 2 amide bonds. The average Bonchev–Trinajstić information content (AvgIpc) is 3.47. The van der Waals surface area contributed by atoms with Crippen LogP contribution in [0.5, 0.6) is 0 Å². The molecule has 0 saturated heterocycles. The van der Waals surface area contributed by atoms with Gasteiger partial charge < -0.3 is 5.32 Å². The van der Waals surface area contributed by atoms with Gasteiger partial charge in [0, 0.05) is 10.2 Å². The Kier molecular flexibility index (Phi) is 6.52. The van der Waals surface area contributed by atoms with E-state index in [1.54, 1.807) is 42.7 Å². The van der Waals surface area contributed by atoms with Crippen LogP contribution in [0.1, 0.15) is 29.1 Å². The number of anilines is 2. The van der Waals surface area contributed by atoms with Crippen molar-refractivity contribution < 1.29 is 13.6 Å². The van der Waals surface area contributed by atoms with Gasteiger partial charge >= 0.3 is 6.03 Å². The van der Waals surface area contributed by atoms with Gasteiger partial charge in [0.15, 0.2) is 17.3 Å². The van der Waals surface area contributed by atoms with E-state index in [1.807, 2.05) is 6.07 Å². The minimum Gasteiger partial charge on any atom is -0.306 e. The van der Waals surface area contributed by atoms with Crippen molar-refractivity contribution in [2.24, 2.45) is 0 Å². The summed E-state index contributed by atoms with van der Waals surface area (Å²) >= 11 is 3.43. The largest absolute Gasteiger partial charge is 0.324 e. The summed E-state index contributed by atoms with van der Waals surface area (Å²) < 4.78 is 31.0. The Hall–Kier alpha value is -4.77. The third-order valence-corrected chi connectivity index (χ3v) is 6.15. The van der Waals surface area contributed by atoms with Gasteiger partial charge in [0.1, 0.15) is 18.2 Å². The summed E-state index contributed by atoms with van der Waals surface area (Å²) in [6, 6.07) is 12.3. The van der Waals surface area contributed by atoms with Crippen LogP contribution in [0.2, 0.25) is 0 Å². The fraction of sp³-hybridized carbons (Fsp3) is 0.125. The molecule has 0 aliphatic heterocycles. The molecule has 0 unspecified atom stereocenters. The molecular formula is C24H17BrF2N10O. The van der Waals surface area contributed by atoms with Crippen molar-refractivity contribution >= 4 is 44.5 Å². The second-order valence-electron chi connectivity index (χ2n) is 8.15. The lowest BCUT2D eigenvalue weighted by atomic mass is 10.2. The fourth-order valence-corrected chi connectivity index (χ4v) is 4.14. The Morgan fingerprint density at radius 3 is 2.61 bits per heavy atom. The zero-order valence-electron chi connectivity index (χ0n) is 19.8. The van der Waals surface area contributed by atoms with Crippen molar-refractivity contribution in [2.75, 3.05) is 10.6 Å². The lowest BCUT2D eigenvalue weighted by molar-refractivity contribution is 0.150. The fourth-order valence-electron chi connectivity index (χ4n) is 3.71. The standard InChI is InChI=1S/C24H17BrF2N10O/c1-12-3-5-20(34-33-12)31-24(38)30-17-9-19-18(8-16(17)25)29-11-36(19)21-6-4-15(22(26)27)23(32-21)37-13(2)7-14(10-28)35-37/h3-9,11,22H,1-2H3,(H2,30,31,34,38). The molecule has 0 saturated carbocycles. The van der Waals surface area contributed by atoms with Gasteiger partial charge in [0.2, 0.25) is 0 Å². The van der Waals surface area contributed by atoms with Crippen molar-refractivity contribution in [3.8, 4) is 17.7 Å². The number of rotatable bonds is 5. The second-order valence-corrected chi connectivity index (χ2v) is 9.01. The Morgan fingerprint density at radius 2 is 1.92 bits per heavy atom. The smallest absolute Gasteiger partial charge is 0.306 e. The SMILES string of the molecule is Cc1ccc(NC(=O)Nc2cc3c(cc2Br)ncn3-c2ccc(C(F)F)c(-n3nc(C#N)cc3C)n2)nn1. The number of halogens is 3. The summed E-state index contributed by atoms with van der Waals surface area (Å²) in [5.74, 6) is 0.458. The molecule has 0 spiro atoms. The summed E-state index contributed by atoms with van der Waals surface area (Å²) in [6.45, 7) is 3.43. The molecule has 0 fully saturated rings. The van der Waals surface area contributed by atoms with Crippen LogP contribution in [0, 0.1) is 25.2 Å². The Labute approximate surface area is 222 Å². The molecule has 5 aromatic rings. The molecule has 4 heterocycles. The van der Waals surface area contributed by atoms with Crippen LogP contribution in [0.3, 0.4) is 0 Å². The number of urea groups is 1. The highest BCUT2D eigenvalue weighted by molar-refractivity contribution is 9.10. The highest BCUT2D eigenvalue weighted by atomic mass is 79.9. The lowest BCUT2D eigenvalue weighted by Crippen LogP contribution is -2.20. The number of aromatic nitrogens is 7. The van der Waals surface area contributed by atoms with Crippen LogP contribution in [0.15, 0.2) is 53.3 Å². The highest BCUT2D eigenvalue weighted by Gasteiger charge is 2.21. The third kappa shape index (κ3) is 4.78. The number of aryl methyl sites for hydroxylation is 2. The van der Waals surface area contributed by atoms with Crippen LogP contribution in [-0.4, -0.2) is 40.5 Å². The molecule has 0 aliphatic carbocycles. The monoisotopic (exact) mass is 578 g/mol. The molecule has 38 heavy (non-hydrogen) atoms. The Balaban J connectivity index is 1.53. The van der Waals surface area contributed by atoms with Crippen molar-refractivity contribution in [1.29, 1.82) is 5.26 Å². The topological polar surface area (TPSA) is 139 Å². The maximum atomic E-state index is 13.8. The summed E-state index contributed by atoms with van der Waals surface area (Å²) in [5, 5.41) is 26.4. The number of nitriles is 1. The van der Waals surface area contributed by atoms with Crippen molar-refractivity contribution in [2.45, 2.75) is 20.3 Å². The first kappa shape index (κ1) is 24.9. The van der Waals surface area contributed by atoms with Crippen LogP contribution in [0.4, 0.5) is 25.1 Å². The Morgan fingerprint density at radius 1 is 1.11 bits per heavy atom. The Bertz CT molecular complexity index is 1720. The van der Waals surface area contributed by atoms with E-state index in [2.05, 4.69) is 51.8 Å². The van der Waals surface area contributed by atoms with Gasteiger partial charge in [-0.1, -0.05) is 0 Å². The maximum absolute atomic E-state index is 13.8. The van der Waals surface area contributed by atoms with E-state index in [0.29, 0.717) is 32.6 Å². The van der Waals surface area contributed by atoms with E-state index in [9.17, 15) is 18.8 Å². The van der Waals surface area contributed by atoms with Gasteiger partial charge in [-0.3, -0.25) is 9.88 Å². The van der Waals surface area contributed by atoms with E-state index in [4.69, 9.17) is 0 Å². The number of alkyl halides is 2. The van der Waals surface area contributed by atoms with Crippen LogP contribution < -0.4 is 10.6 Å². The minimum absolute atomic E-state index is 0.0819. The summed E-state index contributed by atoms with van der Waals surface area (Å²) in [6.07, 6.45) is -1.32. The maximum Gasteiger partial charge on any atom is 0.324 e. The molecule has 0 aliphatic rings. The van der Waals surface area contributed by atoms with Gasteiger partial charge in [0.25, 0.3) is 6.43 Å². The number of nitrogens with one attached hydrogen (secondary N) is 2. The van der Waals surface area contributed by atoms with E-state index in [0.717, 1.165) is 0 Å². The van der Waals surface area contributed by atoms with Crippen molar-refractivity contribution in [1.82, 2.24) is 34.5 Å². The zero-order chi connectivity index (χ0) is 27.0. The summed E-state index contributed by atoms with van der Waals surface area (Å²) in [5.41, 5.74) is 2.47. The zero-order valence-corrected chi connectivity index (χ0v) is 21.4. The molecule has 5 rings (SSSR count). The molecule has 0 atom stereocenters. The number of hydrogen-bond acceptors (Lipinski definition) is 7. The van der Waals surface area contributed by atoms with Gasteiger partial charge in [0.05, 0.1) is 28.0 Å². The van der Waals surface area contributed by atoms with E-state index >= 15 is 0 Å². The molecule has 11 nitrogen and oxygen atoms in total. The number of imidazole rings is 1. The molecule has 0 radical (unpaired) electrons. The minimum atomic E-state index is -2.82.